The Morgan fingerprint density at radius 2 is 0.629 bits per heavy atom. The molecular formula is C58H38N4. The Kier molecular flexibility index (Phi) is 9.49. The summed E-state index contributed by atoms with van der Waals surface area (Å²) in [6.07, 6.45) is 0. The summed E-state index contributed by atoms with van der Waals surface area (Å²) in [5, 5.41) is 3.44. The molecule has 0 saturated carbocycles. The lowest BCUT2D eigenvalue weighted by atomic mass is 9.92. The Labute approximate surface area is 360 Å². The molecular weight excluding hydrogens is 753 g/mol. The normalized spacial score (nSPS) is 11.2. The van der Waals surface area contributed by atoms with E-state index < -0.39 is 0 Å². The van der Waals surface area contributed by atoms with Crippen molar-refractivity contribution in [3.63, 3.8) is 0 Å². The van der Waals surface area contributed by atoms with Gasteiger partial charge in [0.2, 0.25) is 0 Å². The van der Waals surface area contributed by atoms with Gasteiger partial charge in [-0.15, -0.1) is 0 Å². The van der Waals surface area contributed by atoms with E-state index in [2.05, 4.69) is 218 Å². The van der Waals surface area contributed by atoms with Crippen LogP contribution in [0, 0.1) is 0 Å². The predicted molar refractivity (Wildman–Crippen MR) is 256 cm³/mol. The predicted octanol–water partition coefficient (Wildman–Crippen LogP) is 14.9. The molecule has 0 aliphatic rings. The Bertz CT molecular complexity index is 3250. The zero-order chi connectivity index (χ0) is 41.2. The zero-order valence-electron chi connectivity index (χ0n) is 33.7. The molecule has 0 bridgehead atoms. The first-order valence-electron chi connectivity index (χ1n) is 20.9. The molecule has 0 aliphatic heterocycles. The van der Waals surface area contributed by atoms with Gasteiger partial charge >= 0.3 is 0 Å². The summed E-state index contributed by atoms with van der Waals surface area (Å²) < 4.78 is 0. The number of pyridine rings is 1. The second-order valence-corrected chi connectivity index (χ2v) is 15.4. The van der Waals surface area contributed by atoms with Crippen LogP contribution in [-0.2, 0) is 0 Å². The van der Waals surface area contributed by atoms with Gasteiger partial charge in [0.15, 0.2) is 17.5 Å². The molecule has 0 amide bonds. The minimum Gasteiger partial charge on any atom is -0.247 e. The van der Waals surface area contributed by atoms with Gasteiger partial charge < -0.3 is 0 Å². The number of hydrogen-bond acceptors (Lipinski definition) is 4. The summed E-state index contributed by atoms with van der Waals surface area (Å²) >= 11 is 0. The van der Waals surface area contributed by atoms with Crippen molar-refractivity contribution in [2.24, 2.45) is 0 Å². The highest BCUT2D eigenvalue weighted by Gasteiger charge is 2.17. The first kappa shape index (κ1) is 36.7. The Hall–Kier alpha value is -8.34. The van der Waals surface area contributed by atoms with Gasteiger partial charge in [-0.3, -0.25) is 0 Å². The van der Waals surface area contributed by atoms with Gasteiger partial charge in [0.25, 0.3) is 0 Å². The second kappa shape index (κ2) is 16.0. The average Bonchev–Trinajstić information content (AvgIpc) is 3.37. The van der Waals surface area contributed by atoms with E-state index in [0.29, 0.717) is 17.5 Å². The number of nitrogens with zero attached hydrogens (tertiary/aromatic N) is 4. The number of benzene rings is 9. The molecule has 2 heterocycles. The van der Waals surface area contributed by atoms with Crippen molar-refractivity contribution in [2.45, 2.75) is 0 Å². The molecule has 0 unspecified atom stereocenters. The summed E-state index contributed by atoms with van der Waals surface area (Å²) in [5.41, 5.74) is 14.8. The van der Waals surface area contributed by atoms with Gasteiger partial charge in [-0.05, 0) is 56.6 Å². The van der Waals surface area contributed by atoms with Crippen molar-refractivity contribution in [2.75, 3.05) is 0 Å². The largest absolute Gasteiger partial charge is 0.247 e. The van der Waals surface area contributed by atoms with Gasteiger partial charge in [-0.2, -0.15) is 0 Å². The lowest BCUT2D eigenvalue weighted by molar-refractivity contribution is 1.07. The number of fused-ring (bicyclic) bond motifs is 3. The highest BCUT2D eigenvalue weighted by Crippen LogP contribution is 2.40. The van der Waals surface area contributed by atoms with Gasteiger partial charge in [0.05, 0.1) is 11.2 Å². The fourth-order valence-corrected chi connectivity index (χ4v) is 8.40. The molecule has 2 aromatic heterocycles. The highest BCUT2D eigenvalue weighted by molar-refractivity contribution is 6.17. The second-order valence-electron chi connectivity index (χ2n) is 15.4. The van der Waals surface area contributed by atoms with Crippen molar-refractivity contribution >= 4 is 21.7 Å². The molecule has 0 fully saturated rings. The maximum absolute atomic E-state index is 5.38. The summed E-state index contributed by atoms with van der Waals surface area (Å²) in [6.45, 7) is 0. The van der Waals surface area contributed by atoms with Crippen LogP contribution in [0.4, 0.5) is 0 Å². The lowest BCUT2D eigenvalue weighted by Gasteiger charge is -2.15. The average molecular weight is 791 g/mol. The molecule has 9 aromatic carbocycles. The van der Waals surface area contributed by atoms with Crippen molar-refractivity contribution < 1.29 is 0 Å². The number of hydrogen-bond donors (Lipinski definition) is 0. The van der Waals surface area contributed by atoms with Crippen LogP contribution in [0.2, 0.25) is 0 Å². The Balaban J connectivity index is 1.03. The minimum atomic E-state index is 0.606. The molecule has 290 valence electrons. The van der Waals surface area contributed by atoms with Crippen LogP contribution in [0.5, 0.6) is 0 Å². The van der Waals surface area contributed by atoms with Crippen LogP contribution in [-0.4, -0.2) is 19.9 Å². The van der Waals surface area contributed by atoms with Crippen LogP contribution in [0.25, 0.3) is 112 Å². The lowest BCUT2D eigenvalue weighted by Crippen LogP contribution is -2.00. The quantitative estimate of drug-likeness (QED) is 0.144. The van der Waals surface area contributed by atoms with E-state index in [-0.39, 0.29) is 0 Å². The van der Waals surface area contributed by atoms with Crippen LogP contribution in [0.15, 0.2) is 231 Å². The van der Waals surface area contributed by atoms with E-state index in [1.165, 1.54) is 16.5 Å². The van der Waals surface area contributed by atoms with Crippen LogP contribution in [0.3, 0.4) is 0 Å². The van der Waals surface area contributed by atoms with E-state index >= 15 is 0 Å². The smallest absolute Gasteiger partial charge is 0.164 e. The Morgan fingerprint density at radius 1 is 0.226 bits per heavy atom. The number of aromatic nitrogens is 4. The third kappa shape index (κ3) is 7.10. The van der Waals surface area contributed by atoms with E-state index in [1.54, 1.807) is 0 Å². The first-order chi connectivity index (χ1) is 30.7. The standard InChI is InChI=1S/C58H38N4/c1-5-15-39(16-6-1)41-27-31-45(32-28-41)56-60-57(46-33-29-42(30-34-46)40-17-7-2-8-18-40)62-58(61-56)49-24-13-23-47(37-49)48-35-36-51-53(38-48)59-55(44-21-11-4-12-22-44)52-26-14-25-50(54(51)52)43-19-9-3-10-20-43/h1-38H. The molecule has 11 rings (SSSR count). The molecule has 0 N–H and O–H groups in total. The summed E-state index contributed by atoms with van der Waals surface area (Å²) in [6, 6.07) is 80.5. The van der Waals surface area contributed by atoms with Gasteiger partial charge in [-0.1, -0.05) is 218 Å². The molecule has 0 radical (unpaired) electrons. The zero-order valence-corrected chi connectivity index (χ0v) is 33.7. The molecule has 0 aliphatic carbocycles. The molecule has 4 heteroatoms. The van der Waals surface area contributed by atoms with Crippen LogP contribution >= 0.6 is 0 Å². The fourth-order valence-electron chi connectivity index (χ4n) is 8.40. The van der Waals surface area contributed by atoms with Crippen molar-refractivity contribution in [1.29, 1.82) is 0 Å². The van der Waals surface area contributed by atoms with E-state index in [9.17, 15) is 0 Å². The SMILES string of the molecule is c1ccc(-c2ccc(-c3nc(-c4ccc(-c5ccccc5)cc4)nc(-c4cccc(-c5ccc6c(c5)nc(-c5ccccc5)c5cccc(-c7ccccc7)c56)c4)n3)cc2)cc1. The van der Waals surface area contributed by atoms with Gasteiger partial charge in [0.1, 0.15) is 0 Å². The van der Waals surface area contributed by atoms with Crippen molar-refractivity contribution in [3.05, 3.63) is 231 Å². The molecule has 0 saturated heterocycles. The van der Waals surface area contributed by atoms with Crippen LogP contribution < -0.4 is 0 Å². The molecule has 0 atom stereocenters. The Morgan fingerprint density at radius 3 is 1.19 bits per heavy atom. The molecule has 62 heavy (non-hydrogen) atoms. The third-order valence-corrected chi connectivity index (χ3v) is 11.5. The van der Waals surface area contributed by atoms with Crippen molar-refractivity contribution in [1.82, 2.24) is 19.9 Å². The maximum Gasteiger partial charge on any atom is 0.164 e. The third-order valence-electron chi connectivity index (χ3n) is 11.5. The van der Waals surface area contributed by atoms with Gasteiger partial charge in [0, 0.05) is 38.4 Å². The highest BCUT2D eigenvalue weighted by atomic mass is 15.0. The monoisotopic (exact) mass is 790 g/mol. The maximum atomic E-state index is 5.38. The summed E-state index contributed by atoms with van der Waals surface area (Å²) in [7, 11) is 0. The van der Waals surface area contributed by atoms with E-state index in [1.807, 2.05) is 12.1 Å². The van der Waals surface area contributed by atoms with E-state index in [4.69, 9.17) is 19.9 Å². The summed E-state index contributed by atoms with van der Waals surface area (Å²) in [4.78, 5) is 20.7. The topological polar surface area (TPSA) is 51.6 Å². The molecule has 4 nitrogen and oxygen atoms in total. The number of rotatable bonds is 8. The van der Waals surface area contributed by atoms with E-state index in [0.717, 1.165) is 77.6 Å². The van der Waals surface area contributed by atoms with Crippen molar-refractivity contribution in [3.8, 4) is 89.9 Å². The first-order valence-corrected chi connectivity index (χ1v) is 20.9. The van der Waals surface area contributed by atoms with Crippen LogP contribution in [0.1, 0.15) is 0 Å². The summed E-state index contributed by atoms with van der Waals surface area (Å²) in [5.74, 6) is 1.84. The molecule has 11 aromatic rings. The fraction of sp³-hybridized carbons (Fsp3) is 0. The minimum absolute atomic E-state index is 0.606. The molecule has 0 spiro atoms. The van der Waals surface area contributed by atoms with Gasteiger partial charge in [-0.25, -0.2) is 19.9 Å².